The van der Waals surface area contributed by atoms with Gasteiger partial charge in [-0.05, 0) is 68.9 Å². The molecule has 1 atom stereocenters. The molecule has 0 unspecified atom stereocenters. The molecule has 2 aromatic rings. The molecule has 0 aromatic heterocycles. The fourth-order valence-corrected chi connectivity index (χ4v) is 3.86. The smallest absolute Gasteiger partial charge is 0.282 e. The molecule has 0 spiro atoms. The van der Waals surface area contributed by atoms with Gasteiger partial charge in [0.05, 0.1) is 13.1 Å². The Morgan fingerprint density at radius 3 is 2.26 bits per heavy atom. The number of benzene rings is 2. The first-order chi connectivity index (χ1) is 13.0. The van der Waals surface area contributed by atoms with Gasteiger partial charge in [-0.15, -0.1) is 0 Å². The van der Waals surface area contributed by atoms with Crippen molar-refractivity contribution < 1.29 is 14.5 Å². The maximum absolute atomic E-state index is 12.6. The molecule has 0 aliphatic carbocycles. The lowest BCUT2D eigenvalue weighted by atomic mass is 9.89. The maximum Gasteiger partial charge on any atom is 0.282 e. The number of carbonyl (C=O) groups is 2. The van der Waals surface area contributed by atoms with Crippen molar-refractivity contribution in [2.24, 2.45) is 5.92 Å². The molecule has 2 aromatic carbocycles. The van der Waals surface area contributed by atoms with Crippen LogP contribution in [0.2, 0.25) is 0 Å². The van der Waals surface area contributed by atoms with Gasteiger partial charge in [0.25, 0.3) is 5.91 Å². The molecule has 1 aliphatic rings. The van der Waals surface area contributed by atoms with E-state index in [0.717, 1.165) is 38.0 Å². The summed E-state index contributed by atoms with van der Waals surface area (Å²) in [7, 11) is 0. The largest absolute Gasteiger partial charge is 0.325 e. The van der Waals surface area contributed by atoms with E-state index in [-0.39, 0.29) is 17.7 Å². The number of Topliss-reactive ketones (excluding diaryl/α,β-unsaturated/α-hetero) is 1. The summed E-state index contributed by atoms with van der Waals surface area (Å²) in [6, 6.07) is 17.7. The third-order valence-corrected chi connectivity index (χ3v) is 5.68. The number of piperidine rings is 1. The molecule has 4 heteroatoms. The molecule has 0 saturated carbocycles. The molecular weight excluding hydrogens is 336 g/mol. The Balaban J connectivity index is 1.48. The number of likely N-dealkylation sites (tertiary alicyclic amines) is 1. The van der Waals surface area contributed by atoms with Gasteiger partial charge >= 0.3 is 0 Å². The summed E-state index contributed by atoms with van der Waals surface area (Å²) >= 11 is 0. The zero-order valence-electron chi connectivity index (χ0n) is 16.2. The highest BCUT2D eigenvalue weighted by Gasteiger charge is 2.30. The molecule has 0 bridgehead atoms. The lowest BCUT2D eigenvalue weighted by Crippen LogP contribution is -3.17. The summed E-state index contributed by atoms with van der Waals surface area (Å²) in [4.78, 5) is 25.3. The van der Waals surface area contributed by atoms with Gasteiger partial charge in [-0.3, -0.25) is 9.59 Å². The van der Waals surface area contributed by atoms with Gasteiger partial charge in [-0.2, -0.15) is 0 Å². The van der Waals surface area contributed by atoms with Gasteiger partial charge in [0, 0.05) is 11.3 Å². The molecule has 27 heavy (non-hydrogen) atoms. The Morgan fingerprint density at radius 2 is 1.67 bits per heavy atom. The fraction of sp³-hybridized carbons (Fsp3) is 0.391. The first kappa shape index (κ1) is 19.3. The van der Waals surface area contributed by atoms with Crippen molar-refractivity contribution >= 4 is 17.4 Å². The van der Waals surface area contributed by atoms with Crippen LogP contribution in [0.1, 0.15) is 42.6 Å². The minimum absolute atomic E-state index is 0.0315. The lowest BCUT2D eigenvalue weighted by Gasteiger charge is -2.32. The summed E-state index contributed by atoms with van der Waals surface area (Å²) < 4.78 is 0. The van der Waals surface area contributed by atoms with Crippen molar-refractivity contribution in [1.82, 2.24) is 0 Å². The van der Waals surface area contributed by atoms with Crippen LogP contribution in [-0.2, 0) is 11.2 Å². The fourth-order valence-electron chi connectivity index (χ4n) is 3.86. The summed E-state index contributed by atoms with van der Waals surface area (Å²) in [6.45, 7) is 5.62. The van der Waals surface area contributed by atoms with Crippen molar-refractivity contribution in [2.75, 3.05) is 18.4 Å². The van der Waals surface area contributed by atoms with Crippen LogP contribution in [0.15, 0.2) is 54.6 Å². The van der Waals surface area contributed by atoms with Crippen molar-refractivity contribution in [1.29, 1.82) is 0 Å². The standard InChI is InChI=1S/C23H28N2O2/c1-17(23(27)24-22-10-8-21(9-11-22)18(2)26)25-14-12-20(13-15-25)16-19-6-4-3-5-7-19/h3-11,17,20H,12-16H2,1-2H3,(H,24,27)/p+1/t17-/m0/s1. The zero-order valence-corrected chi connectivity index (χ0v) is 16.2. The predicted molar refractivity (Wildman–Crippen MR) is 108 cm³/mol. The monoisotopic (exact) mass is 365 g/mol. The summed E-state index contributed by atoms with van der Waals surface area (Å²) in [5.41, 5.74) is 2.81. The molecule has 4 nitrogen and oxygen atoms in total. The van der Waals surface area contributed by atoms with E-state index in [2.05, 4.69) is 35.6 Å². The highest BCUT2D eigenvalue weighted by atomic mass is 16.2. The van der Waals surface area contributed by atoms with Gasteiger partial charge in [-0.1, -0.05) is 30.3 Å². The molecule has 2 N–H and O–H groups in total. The topological polar surface area (TPSA) is 50.6 Å². The molecule has 1 fully saturated rings. The Labute approximate surface area is 161 Å². The van der Waals surface area contributed by atoms with Gasteiger partial charge < -0.3 is 10.2 Å². The predicted octanol–water partition coefficient (Wildman–Crippen LogP) is 2.75. The zero-order chi connectivity index (χ0) is 19.2. The molecule has 3 rings (SSSR count). The second kappa shape index (κ2) is 8.96. The number of ketones is 1. The van der Waals surface area contributed by atoms with Crippen LogP contribution in [0.4, 0.5) is 5.69 Å². The van der Waals surface area contributed by atoms with Crippen molar-refractivity contribution in [3.63, 3.8) is 0 Å². The van der Waals surface area contributed by atoms with Crippen LogP contribution in [0, 0.1) is 5.92 Å². The van der Waals surface area contributed by atoms with E-state index in [1.54, 1.807) is 31.2 Å². The molecule has 1 heterocycles. The molecule has 1 amide bonds. The second-order valence-electron chi connectivity index (χ2n) is 7.64. The second-order valence-corrected chi connectivity index (χ2v) is 7.64. The van der Waals surface area contributed by atoms with Crippen LogP contribution in [-0.4, -0.2) is 30.8 Å². The van der Waals surface area contributed by atoms with E-state index in [1.165, 1.54) is 10.5 Å². The Morgan fingerprint density at radius 1 is 1.04 bits per heavy atom. The van der Waals surface area contributed by atoms with E-state index in [9.17, 15) is 9.59 Å². The lowest BCUT2D eigenvalue weighted by molar-refractivity contribution is -0.919. The van der Waals surface area contributed by atoms with Crippen LogP contribution >= 0.6 is 0 Å². The SMILES string of the molecule is CC(=O)c1ccc(NC(=O)[C@H](C)[NH+]2CCC(Cc3ccccc3)CC2)cc1. The number of quaternary nitrogens is 1. The van der Waals surface area contributed by atoms with E-state index in [4.69, 9.17) is 0 Å². The Hall–Kier alpha value is -2.46. The normalized spacial score (nSPS) is 20.7. The van der Waals surface area contributed by atoms with Crippen LogP contribution in [0.3, 0.4) is 0 Å². The number of nitrogens with one attached hydrogen (secondary N) is 2. The molecule has 142 valence electrons. The Bertz CT molecular complexity index is 763. The third-order valence-electron chi connectivity index (χ3n) is 5.68. The third kappa shape index (κ3) is 5.27. The van der Waals surface area contributed by atoms with Crippen molar-refractivity contribution in [2.45, 2.75) is 39.2 Å². The average Bonchev–Trinajstić information content (AvgIpc) is 2.69. The average molecular weight is 365 g/mol. The summed E-state index contributed by atoms with van der Waals surface area (Å²) in [5, 5.41) is 2.99. The van der Waals surface area contributed by atoms with E-state index >= 15 is 0 Å². The highest BCUT2D eigenvalue weighted by molar-refractivity contribution is 5.96. The number of amides is 1. The molecule has 1 aliphatic heterocycles. The molecule has 0 radical (unpaired) electrons. The number of carbonyl (C=O) groups excluding carboxylic acids is 2. The van der Waals surface area contributed by atoms with Crippen LogP contribution < -0.4 is 10.2 Å². The first-order valence-electron chi connectivity index (χ1n) is 9.83. The summed E-state index contributed by atoms with van der Waals surface area (Å²) in [6.07, 6.45) is 3.46. The minimum Gasteiger partial charge on any atom is -0.325 e. The minimum atomic E-state index is -0.0739. The Kier molecular flexibility index (Phi) is 6.40. The van der Waals surface area contributed by atoms with Gasteiger partial charge in [0.1, 0.15) is 0 Å². The maximum atomic E-state index is 12.6. The van der Waals surface area contributed by atoms with Gasteiger partial charge in [0.15, 0.2) is 11.8 Å². The first-order valence-corrected chi connectivity index (χ1v) is 9.83. The quantitative estimate of drug-likeness (QED) is 0.774. The van der Waals surface area contributed by atoms with E-state index in [1.807, 2.05) is 6.92 Å². The number of hydrogen-bond donors (Lipinski definition) is 2. The molecule has 1 saturated heterocycles. The van der Waals surface area contributed by atoms with Crippen LogP contribution in [0.5, 0.6) is 0 Å². The number of rotatable bonds is 6. The van der Waals surface area contributed by atoms with Crippen molar-refractivity contribution in [3.8, 4) is 0 Å². The van der Waals surface area contributed by atoms with Crippen molar-refractivity contribution in [3.05, 3.63) is 65.7 Å². The number of anilines is 1. The van der Waals surface area contributed by atoms with E-state index < -0.39 is 0 Å². The highest BCUT2D eigenvalue weighted by Crippen LogP contribution is 2.17. The number of hydrogen-bond acceptors (Lipinski definition) is 2. The van der Waals surface area contributed by atoms with E-state index in [0.29, 0.717) is 11.5 Å². The van der Waals surface area contributed by atoms with Gasteiger partial charge in [-0.25, -0.2) is 0 Å². The summed E-state index contributed by atoms with van der Waals surface area (Å²) in [5.74, 6) is 0.789. The van der Waals surface area contributed by atoms with Crippen LogP contribution in [0.25, 0.3) is 0 Å². The van der Waals surface area contributed by atoms with Gasteiger partial charge in [0.2, 0.25) is 0 Å². The molecular formula is C23H29N2O2+.